The van der Waals surface area contributed by atoms with Crippen LogP contribution in [0.5, 0.6) is 11.5 Å². The molecule has 0 spiro atoms. The maximum Gasteiger partial charge on any atom is 0.323 e. The van der Waals surface area contributed by atoms with Gasteiger partial charge in [-0.25, -0.2) is 4.39 Å². The Balaban J connectivity index is 2.02. The monoisotopic (exact) mass is 398 g/mol. The van der Waals surface area contributed by atoms with Gasteiger partial charge in [0.25, 0.3) is 5.91 Å². The molecular formula is C22H23FN2O4. The lowest BCUT2D eigenvalue weighted by molar-refractivity contribution is -0.137. The van der Waals surface area contributed by atoms with Crippen molar-refractivity contribution in [1.82, 2.24) is 9.88 Å². The number of aromatic nitrogens is 1. The van der Waals surface area contributed by atoms with E-state index in [1.807, 2.05) is 13.8 Å². The fourth-order valence-electron chi connectivity index (χ4n) is 3.27. The van der Waals surface area contributed by atoms with Gasteiger partial charge in [0.15, 0.2) is 5.75 Å². The van der Waals surface area contributed by atoms with Gasteiger partial charge in [0.2, 0.25) is 0 Å². The van der Waals surface area contributed by atoms with Crippen molar-refractivity contribution in [1.29, 1.82) is 0 Å². The second-order valence-electron chi connectivity index (χ2n) is 7.22. The molecule has 2 N–H and O–H groups in total. The summed E-state index contributed by atoms with van der Waals surface area (Å²) in [4.78, 5) is 23.4. The fraction of sp³-hybridized carbons (Fsp3) is 0.273. The third kappa shape index (κ3) is 4.08. The lowest BCUT2D eigenvalue weighted by Crippen LogP contribution is -2.29. The Hall–Kier alpha value is -3.35. The minimum atomic E-state index is -1.00. The predicted octanol–water partition coefficient (Wildman–Crippen LogP) is 4.41. The molecule has 2 aromatic carbocycles. The largest absolute Gasteiger partial charge is 0.480 e. The molecule has 0 aliphatic heterocycles. The predicted molar refractivity (Wildman–Crippen MR) is 108 cm³/mol. The fourth-order valence-corrected chi connectivity index (χ4v) is 3.27. The minimum absolute atomic E-state index is 0.0271. The van der Waals surface area contributed by atoms with Gasteiger partial charge in [0, 0.05) is 17.0 Å². The van der Waals surface area contributed by atoms with Crippen LogP contribution in [-0.2, 0) is 11.3 Å². The molecule has 3 aromatic rings. The standard InChI is InChI=1S/C22H23FN2O4/c1-12(2)24-22(28)15-5-7-16(8-6-15)29-21-14(4)25(11-19(26)27)18-10-9-17(23)13(3)20(18)21/h5-10,12H,11H2,1-4H3,(H,24,28)(H,26,27). The summed E-state index contributed by atoms with van der Waals surface area (Å²) >= 11 is 0. The van der Waals surface area contributed by atoms with Crippen LogP contribution in [0, 0.1) is 19.7 Å². The molecule has 0 saturated carbocycles. The number of carbonyl (C=O) groups is 2. The van der Waals surface area contributed by atoms with Crippen LogP contribution in [0.25, 0.3) is 10.9 Å². The third-order valence-corrected chi connectivity index (χ3v) is 4.68. The van der Waals surface area contributed by atoms with Gasteiger partial charge in [-0.3, -0.25) is 9.59 Å². The van der Waals surface area contributed by atoms with Crippen molar-refractivity contribution < 1.29 is 23.8 Å². The van der Waals surface area contributed by atoms with E-state index in [-0.39, 0.29) is 18.5 Å². The molecule has 7 heteroatoms. The van der Waals surface area contributed by atoms with Crippen LogP contribution in [0.1, 0.15) is 35.5 Å². The van der Waals surface area contributed by atoms with Crippen molar-refractivity contribution in [2.45, 2.75) is 40.3 Å². The first kappa shape index (κ1) is 20.4. The van der Waals surface area contributed by atoms with E-state index in [9.17, 15) is 19.1 Å². The number of nitrogens with zero attached hydrogens (tertiary/aromatic N) is 1. The number of halogens is 1. The van der Waals surface area contributed by atoms with Crippen LogP contribution in [-0.4, -0.2) is 27.6 Å². The zero-order valence-electron chi connectivity index (χ0n) is 16.7. The zero-order valence-corrected chi connectivity index (χ0v) is 16.7. The summed E-state index contributed by atoms with van der Waals surface area (Å²) in [7, 11) is 0. The first-order valence-corrected chi connectivity index (χ1v) is 9.27. The summed E-state index contributed by atoms with van der Waals surface area (Å²) in [5.41, 5.74) is 2.06. The number of aryl methyl sites for hydroxylation is 1. The van der Waals surface area contributed by atoms with E-state index >= 15 is 0 Å². The van der Waals surface area contributed by atoms with Gasteiger partial charge in [0.05, 0.1) is 11.2 Å². The Labute approximate surface area is 167 Å². The number of aliphatic carboxylic acids is 1. The van der Waals surface area contributed by atoms with E-state index in [0.29, 0.717) is 39.2 Å². The van der Waals surface area contributed by atoms with Crippen molar-refractivity contribution in [2.75, 3.05) is 0 Å². The average molecular weight is 398 g/mol. The van der Waals surface area contributed by atoms with Gasteiger partial charge in [-0.1, -0.05) is 0 Å². The maximum absolute atomic E-state index is 14.2. The van der Waals surface area contributed by atoms with Crippen LogP contribution in [0.3, 0.4) is 0 Å². The number of carbonyl (C=O) groups excluding carboxylic acids is 1. The van der Waals surface area contributed by atoms with Gasteiger partial charge < -0.3 is 19.7 Å². The van der Waals surface area contributed by atoms with Gasteiger partial charge in [-0.2, -0.15) is 0 Å². The second kappa shape index (κ2) is 7.95. The van der Waals surface area contributed by atoms with E-state index in [1.165, 1.54) is 6.07 Å². The quantitative estimate of drug-likeness (QED) is 0.644. The van der Waals surface area contributed by atoms with Crippen molar-refractivity contribution in [3.63, 3.8) is 0 Å². The molecule has 1 amide bonds. The highest BCUT2D eigenvalue weighted by molar-refractivity contribution is 5.95. The number of rotatable bonds is 6. The van der Waals surface area contributed by atoms with Crippen LogP contribution < -0.4 is 10.1 Å². The smallest absolute Gasteiger partial charge is 0.323 e. The Morgan fingerprint density at radius 3 is 2.38 bits per heavy atom. The number of fused-ring (bicyclic) bond motifs is 1. The first-order chi connectivity index (χ1) is 13.7. The number of carboxylic acids is 1. The molecule has 0 unspecified atom stereocenters. The molecule has 0 aliphatic carbocycles. The number of hydrogen-bond donors (Lipinski definition) is 2. The maximum atomic E-state index is 14.2. The topological polar surface area (TPSA) is 80.6 Å². The molecule has 152 valence electrons. The normalized spacial score (nSPS) is 11.1. The Bertz CT molecular complexity index is 1080. The number of benzene rings is 2. The number of carboxylic acid groups (broad SMARTS) is 1. The summed E-state index contributed by atoms with van der Waals surface area (Å²) in [5.74, 6) is -0.710. The molecule has 1 aromatic heterocycles. The van der Waals surface area contributed by atoms with Gasteiger partial charge in [-0.15, -0.1) is 0 Å². The second-order valence-corrected chi connectivity index (χ2v) is 7.22. The SMILES string of the molecule is Cc1c(F)ccc2c1c(Oc1ccc(C(=O)NC(C)C)cc1)c(C)n2CC(=O)O. The average Bonchev–Trinajstić information content (AvgIpc) is 2.90. The van der Waals surface area contributed by atoms with Crippen molar-refractivity contribution in [2.24, 2.45) is 0 Å². The Morgan fingerprint density at radius 1 is 1.14 bits per heavy atom. The highest BCUT2D eigenvalue weighted by Gasteiger charge is 2.21. The zero-order chi connectivity index (χ0) is 21.3. The lowest BCUT2D eigenvalue weighted by atomic mass is 10.1. The van der Waals surface area contributed by atoms with E-state index in [1.54, 1.807) is 48.7 Å². The Kier molecular flexibility index (Phi) is 5.59. The molecule has 0 fully saturated rings. The van der Waals surface area contributed by atoms with E-state index in [2.05, 4.69) is 5.32 Å². The van der Waals surface area contributed by atoms with Gasteiger partial charge >= 0.3 is 5.97 Å². The van der Waals surface area contributed by atoms with E-state index in [4.69, 9.17) is 4.74 Å². The molecule has 3 rings (SSSR count). The van der Waals surface area contributed by atoms with Crippen molar-refractivity contribution >= 4 is 22.8 Å². The van der Waals surface area contributed by atoms with Gasteiger partial charge in [0.1, 0.15) is 18.1 Å². The number of ether oxygens (including phenoxy) is 1. The highest BCUT2D eigenvalue weighted by Crippen LogP contribution is 2.38. The molecule has 0 saturated heterocycles. The summed E-state index contributed by atoms with van der Waals surface area (Å²) in [5, 5.41) is 12.6. The van der Waals surface area contributed by atoms with Crippen LogP contribution in [0.15, 0.2) is 36.4 Å². The molecule has 0 bridgehead atoms. The van der Waals surface area contributed by atoms with Crippen LogP contribution >= 0.6 is 0 Å². The molecule has 6 nitrogen and oxygen atoms in total. The van der Waals surface area contributed by atoms with Crippen molar-refractivity contribution in [3.8, 4) is 11.5 Å². The molecule has 0 radical (unpaired) electrons. The minimum Gasteiger partial charge on any atom is -0.480 e. The highest BCUT2D eigenvalue weighted by atomic mass is 19.1. The van der Waals surface area contributed by atoms with Gasteiger partial charge in [-0.05, 0) is 69.7 Å². The molecule has 0 aliphatic rings. The number of hydrogen-bond acceptors (Lipinski definition) is 3. The summed E-state index contributed by atoms with van der Waals surface area (Å²) in [6, 6.07) is 9.51. The molecule has 0 atom stereocenters. The first-order valence-electron chi connectivity index (χ1n) is 9.27. The van der Waals surface area contributed by atoms with Crippen molar-refractivity contribution in [3.05, 3.63) is 59.0 Å². The number of nitrogens with one attached hydrogen (secondary N) is 1. The van der Waals surface area contributed by atoms with E-state index < -0.39 is 11.8 Å². The molecule has 1 heterocycles. The summed E-state index contributed by atoms with van der Waals surface area (Å²) in [6.45, 7) is 6.87. The number of amides is 1. The van der Waals surface area contributed by atoms with Crippen LogP contribution in [0.2, 0.25) is 0 Å². The summed E-state index contributed by atoms with van der Waals surface area (Å²) in [6.07, 6.45) is 0. The Morgan fingerprint density at radius 2 is 1.79 bits per heavy atom. The van der Waals surface area contributed by atoms with E-state index in [0.717, 1.165) is 0 Å². The molecule has 29 heavy (non-hydrogen) atoms. The lowest BCUT2D eigenvalue weighted by Gasteiger charge is -2.10. The summed E-state index contributed by atoms with van der Waals surface area (Å²) < 4.78 is 21.8. The third-order valence-electron chi connectivity index (χ3n) is 4.68. The van der Waals surface area contributed by atoms with Crippen LogP contribution in [0.4, 0.5) is 4.39 Å². The molecular weight excluding hydrogens is 375 g/mol.